The van der Waals surface area contributed by atoms with Gasteiger partial charge in [-0.15, -0.1) is 0 Å². The number of rotatable bonds is 15. The summed E-state index contributed by atoms with van der Waals surface area (Å²) in [5.41, 5.74) is 0. The first-order valence-corrected chi connectivity index (χ1v) is 9.52. The Morgan fingerprint density at radius 1 is 0.476 bits per heavy atom. The first kappa shape index (κ1) is 23.5. The predicted molar refractivity (Wildman–Crippen MR) is 93.2 cm³/mol. The van der Waals surface area contributed by atoms with Crippen LogP contribution in [0.15, 0.2) is 0 Å². The van der Waals surface area contributed by atoms with E-state index in [1.165, 1.54) is 101 Å². The molecular formula is C19H42ClN. The highest BCUT2D eigenvalue weighted by Gasteiger charge is 2.19. The first-order valence-electron chi connectivity index (χ1n) is 9.52. The van der Waals surface area contributed by atoms with Crippen molar-refractivity contribution in [2.24, 2.45) is 0 Å². The third kappa shape index (κ3) is 14.9. The van der Waals surface area contributed by atoms with Gasteiger partial charge in [0, 0.05) is 0 Å². The van der Waals surface area contributed by atoms with Crippen LogP contribution in [0.4, 0.5) is 0 Å². The first-order chi connectivity index (χ1) is 9.68. The van der Waals surface area contributed by atoms with E-state index >= 15 is 0 Å². The monoisotopic (exact) mass is 319 g/mol. The SMILES string of the molecule is CCCCCC[N+](C)(CCCCCC)CCCCCC.[Cl-]. The van der Waals surface area contributed by atoms with Gasteiger partial charge < -0.3 is 16.9 Å². The Labute approximate surface area is 141 Å². The van der Waals surface area contributed by atoms with Crippen LogP contribution in [0.3, 0.4) is 0 Å². The number of halogens is 1. The van der Waals surface area contributed by atoms with E-state index in [-0.39, 0.29) is 12.4 Å². The summed E-state index contributed by atoms with van der Waals surface area (Å²) in [4.78, 5) is 0. The molecule has 0 fully saturated rings. The quantitative estimate of drug-likeness (QED) is 0.321. The van der Waals surface area contributed by atoms with Crippen molar-refractivity contribution < 1.29 is 16.9 Å². The van der Waals surface area contributed by atoms with Gasteiger partial charge in [0.05, 0.1) is 26.7 Å². The van der Waals surface area contributed by atoms with Gasteiger partial charge >= 0.3 is 0 Å². The Balaban J connectivity index is 0. The highest BCUT2D eigenvalue weighted by Crippen LogP contribution is 2.14. The largest absolute Gasteiger partial charge is 1.00 e. The zero-order valence-electron chi connectivity index (χ0n) is 15.4. The topological polar surface area (TPSA) is 0 Å². The van der Waals surface area contributed by atoms with E-state index in [1.807, 2.05) is 0 Å². The summed E-state index contributed by atoms with van der Waals surface area (Å²) in [6, 6.07) is 0. The summed E-state index contributed by atoms with van der Waals surface area (Å²) < 4.78 is 1.34. The van der Waals surface area contributed by atoms with Crippen LogP contribution < -0.4 is 12.4 Å². The number of hydrogen-bond donors (Lipinski definition) is 0. The lowest BCUT2D eigenvalue weighted by molar-refractivity contribution is -0.910. The van der Waals surface area contributed by atoms with Crippen LogP contribution in [-0.2, 0) is 0 Å². The number of nitrogens with zero attached hydrogens (tertiary/aromatic N) is 1. The molecule has 0 bridgehead atoms. The molecule has 0 atom stereocenters. The van der Waals surface area contributed by atoms with Crippen molar-refractivity contribution in [1.82, 2.24) is 0 Å². The molecule has 0 heterocycles. The summed E-state index contributed by atoms with van der Waals surface area (Å²) in [6.07, 6.45) is 17.0. The fraction of sp³-hybridized carbons (Fsp3) is 1.00. The summed E-state index contributed by atoms with van der Waals surface area (Å²) >= 11 is 0. The van der Waals surface area contributed by atoms with Gasteiger partial charge in [-0.25, -0.2) is 0 Å². The lowest BCUT2D eigenvalue weighted by Crippen LogP contribution is -3.00. The summed E-state index contributed by atoms with van der Waals surface area (Å²) in [6.45, 7) is 11.2. The van der Waals surface area contributed by atoms with Crippen LogP contribution in [0, 0.1) is 0 Å². The molecule has 21 heavy (non-hydrogen) atoms. The van der Waals surface area contributed by atoms with Gasteiger partial charge in [-0.2, -0.15) is 0 Å². The van der Waals surface area contributed by atoms with Crippen LogP contribution in [0.25, 0.3) is 0 Å². The van der Waals surface area contributed by atoms with Gasteiger partial charge in [0.15, 0.2) is 0 Å². The molecule has 1 nitrogen and oxygen atoms in total. The lowest BCUT2D eigenvalue weighted by Gasteiger charge is -2.35. The Hall–Kier alpha value is 0.250. The van der Waals surface area contributed by atoms with E-state index in [0.29, 0.717) is 0 Å². The molecule has 0 amide bonds. The van der Waals surface area contributed by atoms with Crippen molar-refractivity contribution in [2.75, 3.05) is 26.7 Å². The number of unbranched alkanes of at least 4 members (excludes halogenated alkanes) is 9. The number of quaternary nitrogens is 1. The second kappa shape index (κ2) is 16.6. The fourth-order valence-corrected chi connectivity index (χ4v) is 3.10. The average molecular weight is 320 g/mol. The van der Waals surface area contributed by atoms with Gasteiger partial charge in [0.25, 0.3) is 0 Å². The Bertz CT molecular complexity index is 163. The molecule has 0 rings (SSSR count). The van der Waals surface area contributed by atoms with E-state index in [4.69, 9.17) is 0 Å². The molecule has 0 spiro atoms. The van der Waals surface area contributed by atoms with Gasteiger partial charge in [0.2, 0.25) is 0 Å². The van der Waals surface area contributed by atoms with E-state index in [0.717, 1.165) is 0 Å². The predicted octanol–water partition coefficient (Wildman–Crippen LogP) is 3.18. The zero-order valence-corrected chi connectivity index (χ0v) is 16.2. The normalized spacial score (nSPS) is 11.4. The van der Waals surface area contributed by atoms with Crippen LogP contribution in [-0.4, -0.2) is 31.2 Å². The molecule has 0 saturated heterocycles. The van der Waals surface area contributed by atoms with Crippen LogP contribution in [0.5, 0.6) is 0 Å². The van der Waals surface area contributed by atoms with Gasteiger partial charge in [-0.05, 0) is 38.5 Å². The van der Waals surface area contributed by atoms with Crippen molar-refractivity contribution in [3.63, 3.8) is 0 Å². The molecule has 0 aromatic rings. The van der Waals surface area contributed by atoms with Crippen molar-refractivity contribution in [3.05, 3.63) is 0 Å². The number of hydrogen-bond acceptors (Lipinski definition) is 0. The minimum Gasteiger partial charge on any atom is -1.00 e. The lowest BCUT2D eigenvalue weighted by atomic mass is 10.1. The molecule has 0 aliphatic heterocycles. The molecule has 0 aromatic heterocycles. The fourth-order valence-electron chi connectivity index (χ4n) is 3.10. The standard InChI is InChI=1S/C19H42N.ClH/c1-5-8-11-14-17-20(4,18-15-12-9-6-2)19-16-13-10-7-3;/h5-19H2,1-4H3;1H/q+1;/p-1. The highest BCUT2D eigenvalue weighted by atomic mass is 35.5. The van der Waals surface area contributed by atoms with Crippen LogP contribution >= 0.6 is 0 Å². The van der Waals surface area contributed by atoms with Crippen LogP contribution in [0.2, 0.25) is 0 Å². The average Bonchev–Trinajstić information content (AvgIpc) is 2.45. The van der Waals surface area contributed by atoms with Crippen molar-refractivity contribution >= 4 is 0 Å². The molecule has 130 valence electrons. The third-order valence-corrected chi connectivity index (χ3v) is 4.65. The van der Waals surface area contributed by atoms with E-state index in [9.17, 15) is 0 Å². The summed E-state index contributed by atoms with van der Waals surface area (Å²) in [7, 11) is 2.52. The van der Waals surface area contributed by atoms with Crippen molar-refractivity contribution in [1.29, 1.82) is 0 Å². The van der Waals surface area contributed by atoms with Crippen molar-refractivity contribution in [2.45, 2.75) is 97.8 Å². The van der Waals surface area contributed by atoms with E-state index in [2.05, 4.69) is 27.8 Å². The Morgan fingerprint density at radius 3 is 1.00 bits per heavy atom. The summed E-state index contributed by atoms with van der Waals surface area (Å²) in [5, 5.41) is 0. The third-order valence-electron chi connectivity index (χ3n) is 4.65. The van der Waals surface area contributed by atoms with Gasteiger partial charge in [-0.3, -0.25) is 0 Å². The maximum absolute atomic E-state index is 2.52. The second-order valence-electron chi connectivity index (χ2n) is 6.97. The molecular weight excluding hydrogens is 278 g/mol. The molecule has 0 aromatic carbocycles. The van der Waals surface area contributed by atoms with E-state index in [1.54, 1.807) is 0 Å². The molecule has 0 unspecified atom stereocenters. The molecule has 2 heteroatoms. The molecule has 0 saturated carbocycles. The van der Waals surface area contributed by atoms with Crippen molar-refractivity contribution in [3.8, 4) is 0 Å². The van der Waals surface area contributed by atoms with Gasteiger partial charge in [-0.1, -0.05) is 59.3 Å². The zero-order chi connectivity index (χ0) is 15.1. The Morgan fingerprint density at radius 2 is 0.762 bits per heavy atom. The van der Waals surface area contributed by atoms with Crippen LogP contribution in [0.1, 0.15) is 97.8 Å². The second-order valence-corrected chi connectivity index (χ2v) is 6.97. The van der Waals surface area contributed by atoms with Gasteiger partial charge in [0.1, 0.15) is 0 Å². The summed E-state index contributed by atoms with van der Waals surface area (Å²) in [5.74, 6) is 0. The maximum Gasteiger partial charge on any atom is 0.0784 e. The minimum atomic E-state index is 0. The Kier molecular flexibility index (Phi) is 18.6. The smallest absolute Gasteiger partial charge is 0.0784 e. The minimum absolute atomic E-state index is 0. The molecule has 0 aliphatic rings. The van der Waals surface area contributed by atoms with E-state index < -0.39 is 0 Å². The molecule has 0 N–H and O–H groups in total. The molecule has 0 aliphatic carbocycles. The maximum atomic E-state index is 2.52. The highest BCUT2D eigenvalue weighted by molar-refractivity contribution is 4.48. The molecule has 0 radical (unpaired) electrons.